The van der Waals surface area contributed by atoms with Crippen molar-refractivity contribution in [3.63, 3.8) is 0 Å². The first-order chi connectivity index (χ1) is 15.0. The molecule has 0 aromatic rings. The Labute approximate surface area is 193 Å². The molecular formula is C27H44O5. The zero-order valence-corrected chi connectivity index (χ0v) is 20.4. The Morgan fingerprint density at radius 3 is 2.41 bits per heavy atom. The van der Waals surface area contributed by atoms with E-state index in [1.54, 1.807) is 0 Å². The Balaban J connectivity index is 1.61. The lowest BCUT2D eigenvalue weighted by atomic mass is 9.47. The Hall–Kier alpha value is -0.750. The fraction of sp³-hybridized carbons (Fsp3) is 0.889. The van der Waals surface area contributed by atoms with Gasteiger partial charge in [-0.25, -0.2) is 0 Å². The number of aliphatic hydroxyl groups excluding tert-OH is 4. The van der Waals surface area contributed by atoms with Crippen molar-refractivity contribution in [3.05, 3.63) is 11.1 Å². The summed E-state index contributed by atoms with van der Waals surface area (Å²) in [6.45, 7) is 9.06. The standard InChI is InChI=1S/C27H44O5/c1-15(14-28)6-5-7-16(2)19-13-22(31)23-17-12-21(30)24-25(32)20(29)9-11-26(24,3)18(17)8-10-27(19,23)4/h15-16,18-21,24-25,28-30,32H,5-14H2,1-4H3/t15-,16+,18-,19+,20-,21-,24-,25-,26+,27+/m0/s1. The normalized spacial score (nSPS) is 45.8. The van der Waals surface area contributed by atoms with Gasteiger partial charge in [0.05, 0.1) is 18.3 Å². The van der Waals surface area contributed by atoms with Gasteiger partial charge >= 0.3 is 0 Å². The van der Waals surface area contributed by atoms with Gasteiger partial charge in [0.25, 0.3) is 0 Å². The molecule has 182 valence electrons. The van der Waals surface area contributed by atoms with Crippen LogP contribution in [0.4, 0.5) is 0 Å². The van der Waals surface area contributed by atoms with Crippen LogP contribution in [0.15, 0.2) is 11.1 Å². The van der Waals surface area contributed by atoms with E-state index in [9.17, 15) is 25.2 Å². The Morgan fingerprint density at radius 1 is 1.00 bits per heavy atom. The maximum atomic E-state index is 13.4. The van der Waals surface area contributed by atoms with E-state index in [4.69, 9.17) is 0 Å². The number of allylic oxidation sites excluding steroid dienone is 1. The number of fused-ring (bicyclic) bond motifs is 4. The lowest BCUT2D eigenvalue weighted by molar-refractivity contribution is -0.166. The average Bonchev–Trinajstić information content (AvgIpc) is 3.01. The van der Waals surface area contributed by atoms with Gasteiger partial charge in [-0.15, -0.1) is 0 Å². The molecule has 0 heterocycles. The summed E-state index contributed by atoms with van der Waals surface area (Å²) in [5, 5.41) is 41.4. The van der Waals surface area contributed by atoms with Crippen molar-refractivity contribution in [3.8, 4) is 0 Å². The number of aliphatic hydroxyl groups is 4. The van der Waals surface area contributed by atoms with Crippen molar-refractivity contribution in [2.75, 3.05) is 6.61 Å². The zero-order valence-electron chi connectivity index (χ0n) is 20.4. The Morgan fingerprint density at radius 2 is 1.72 bits per heavy atom. The fourth-order valence-electron chi connectivity index (χ4n) is 8.41. The summed E-state index contributed by atoms with van der Waals surface area (Å²) in [7, 11) is 0. The molecule has 4 aliphatic rings. The molecule has 0 aliphatic heterocycles. The van der Waals surface area contributed by atoms with Gasteiger partial charge in [-0.2, -0.15) is 0 Å². The van der Waals surface area contributed by atoms with Crippen molar-refractivity contribution >= 4 is 5.78 Å². The summed E-state index contributed by atoms with van der Waals surface area (Å²) < 4.78 is 0. The highest BCUT2D eigenvalue weighted by Gasteiger charge is 2.61. The highest BCUT2D eigenvalue weighted by molar-refractivity contribution is 6.00. The van der Waals surface area contributed by atoms with Crippen LogP contribution in [0.3, 0.4) is 0 Å². The predicted octanol–water partition coefficient (Wildman–Crippen LogP) is 3.63. The minimum atomic E-state index is -0.892. The van der Waals surface area contributed by atoms with E-state index >= 15 is 0 Å². The first kappa shape index (κ1) is 24.4. The van der Waals surface area contributed by atoms with E-state index in [1.165, 1.54) is 5.57 Å². The molecule has 3 saturated carbocycles. The molecule has 0 spiro atoms. The molecule has 4 aliphatic carbocycles. The Kier molecular flexibility index (Phi) is 6.70. The third kappa shape index (κ3) is 3.72. The van der Waals surface area contributed by atoms with Crippen LogP contribution >= 0.6 is 0 Å². The van der Waals surface area contributed by atoms with Gasteiger partial charge in [0.15, 0.2) is 5.78 Å². The second-order valence-corrected chi connectivity index (χ2v) is 12.2. The number of hydrogen-bond acceptors (Lipinski definition) is 5. The van der Waals surface area contributed by atoms with Crippen molar-refractivity contribution in [2.45, 2.75) is 104 Å². The van der Waals surface area contributed by atoms with E-state index in [1.807, 2.05) is 0 Å². The summed E-state index contributed by atoms with van der Waals surface area (Å²) >= 11 is 0. The first-order valence-corrected chi connectivity index (χ1v) is 13.0. The summed E-state index contributed by atoms with van der Waals surface area (Å²) in [5.41, 5.74) is 1.78. The van der Waals surface area contributed by atoms with E-state index in [-0.39, 0.29) is 35.1 Å². The molecule has 10 atom stereocenters. The first-order valence-electron chi connectivity index (χ1n) is 13.0. The lowest BCUT2D eigenvalue weighted by Gasteiger charge is -2.59. The SMILES string of the molecule is C[C@H](CO)CCC[C@@H](C)[C@H]1CC(=O)C2=C3C[C@H](O)[C@H]4[C@@H](O)[C@@H](O)CC[C@]4(C)[C@H]3CC[C@@]21C. The molecule has 5 nitrogen and oxygen atoms in total. The van der Waals surface area contributed by atoms with Gasteiger partial charge in [0.1, 0.15) is 0 Å². The van der Waals surface area contributed by atoms with Gasteiger partial charge in [-0.05, 0) is 73.0 Å². The van der Waals surface area contributed by atoms with Gasteiger partial charge in [0, 0.05) is 24.5 Å². The molecule has 0 radical (unpaired) electrons. The maximum Gasteiger partial charge on any atom is 0.159 e. The van der Waals surface area contributed by atoms with Crippen LogP contribution in [-0.4, -0.2) is 51.1 Å². The van der Waals surface area contributed by atoms with Crippen LogP contribution in [0.5, 0.6) is 0 Å². The third-order valence-electron chi connectivity index (χ3n) is 10.3. The van der Waals surface area contributed by atoms with Crippen LogP contribution < -0.4 is 0 Å². The smallest absolute Gasteiger partial charge is 0.159 e. The molecule has 0 amide bonds. The van der Waals surface area contributed by atoms with Gasteiger partial charge in [0.2, 0.25) is 0 Å². The molecular weight excluding hydrogens is 404 g/mol. The summed E-state index contributed by atoms with van der Waals surface area (Å²) in [6, 6.07) is 0. The summed E-state index contributed by atoms with van der Waals surface area (Å²) in [4.78, 5) is 13.4. The zero-order chi connectivity index (χ0) is 23.4. The van der Waals surface area contributed by atoms with Crippen LogP contribution in [-0.2, 0) is 4.79 Å². The molecule has 4 rings (SSSR count). The molecule has 0 saturated heterocycles. The highest BCUT2D eigenvalue weighted by atomic mass is 16.3. The number of ketones is 1. The van der Waals surface area contributed by atoms with E-state index in [0.29, 0.717) is 37.0 Å². The van der Waals surface area contributed by atoms with Crippen molar-refractivity contribution < 1.29 is 25.2 Å². The molecule has 0 aromatic carbocycles. The molecule has 0 unspecified atom stereocenters. The third-order valence-corrected chi connectivity index (χ3v) is 10.3. The second-order valence-electron chi connectivity index (χ2n) is 12.2. The largest absolute Gasteiger partial charge is 0.396 e. The fourth-order valence-corrected chi connectivity index (χ4v) is 8.41. The van der Waals surface area contributed by atoms with Gasteiger partial charge in [-0.1, -0.05) is 46.1 Å². The molecule has 4 N–H and O–H groups in total. The minimum Gasteiger partial charge on any atom is -0.396 e. The number of hydrogen-bond donors (Lipinski definition) is 4. The van der Waals surface area contributed by atoms with Crippen molar-refractivity contribution in [1.82, 2.24) is 0 Å². The van der Waals surface area contributed by atoms with Crippen LogP contribution in [0, 0.1) is 40.4 Å². The highest BCUT2D eigenvalue weighted by Crippen LogP contribution is 2.65. The van der Waals surface area contributed by atoms with Crippen molar-refractivity contribution in [2.24, 2.45) is 40.4 Å². The van der Waals surface area contributed by atoms with Gasteiger partial charge < -0.3 is 20.4 Å². The van der Waals surface area contributed by atoms with E-state index in [0.717, 1.165) is 44.1 Å². The monoisotopic (exact) mass is 448 g/mol. The van der Waals surface area contributed by atoms with Crippen LogP contribution in [0.25, 0.3) is 0 Å². The molecule has 32 heavy (non-hydrogen) atoms. The summed E-state index contributed by atoms with van der Waals surface area (Å²) in [6.07, 6.45) is 5.19. The summed E-state index contributed by atoms with van der Waals surface area (Å²) in [5.74, 6) is 1.28. The molecule has 5 heteroatoms. The topological polar surface area (TPSA) is 98.0 Å². The predicted molar refractivity (Wildman–Crippen MR) is 124 cm³/mol. The van der Waals surface area contributed by atoms with Crippen LogP contribution in [0.1, 0.15) is 85.5 Å². The quantitative estimate of drug-likeness (QED) is 0.497. The number of carbonyl (C=O) groups excluding carboxylic acids is 1. The molecule has 0 bridgehead atoms. The molecule has 0 aromatic heterocycles. The number of carbonyl (C=O) groups is 1. The van der Waals surface area contributed by atoms with Crippen molar-refractivity contribution in [1.29, 1.82) is 0 Å². The molecule has 3 fully saturated rings. The minimum absolute atomic E-state index is 0.124. The second kappa shape index (κ2) is 8.79. The lowest BCUT2D eigenvalue weighted by Crippen LogP contribution is -2.59. The number of Topliss-reactive ketones (excluding diaryl/α,β-unsaturated/α-hetero) is 1. The van der Waals surface area contributed by atoms with Crippen LogP contribution in [0.2, 0.25) is 0 Å². The van der Waals surface area contributed by atoms with E-state index < -0.39 is 18.3 Å². The number of rotatable bonds is 6. The maximum absolute atomic E-state index is 13.4. The Bertz CT molecular complexity index is 761. The van der Waals surface area contributed by atoms with E-state index in [2.05, 4.69) is 27.7 Å². The van der Waals surface area contributed by atoms with Gasteiger partial charge in [-0.3, -0.25) is 4.79 Å². The average molecular weight is 449 g/mol.